The largest absolute Gasteiger partial charge is 0.389 e. The Kier molecular flexibility index (Phi) is 24.8. The van der Waals surface area contributed by atoms with Gasteiger partial charge in [-0.25, -0.2) is 0 Å². The van der Waals surface area contributed by atoms with E-state index in [0.717, 1.165) is 18.5 Å². The number of hydrogen-bond donors (Lipinski definition) is 2. The van der Waals surface area contributed by atoms with Gasteiger partial charge in [-0.2, -0.15) is 0 Å². The van der Waals surface area contributed by atoms with Crippen LogP contribution >= 0.6 is 0 Å². The molecule has 0 saturated heterocycles. The number of aliphatic hydroxyl groups is 1. The van der Waals surface area contributed by atoms with E-state index in [9.17, 15) is 0 Å². The molecule has 0 rings (SSSR count). The van der Waals surface area contributed by atoms with Crippen LogP contribution in [0, 0.1) is 0 Å². The van der Waals surface area contributed by atoms with Crippen LogP contribution in [-0.2, 0) is 0 Å². The van der Waals surface area contributed by atoms with E-state index < -0.39 is 6.10 Å². The Hall–Kier alpha value is -0.600. The molecule has 0 bridgehead atoms. The molecule has 0 fully saturated rings. The molecule has 0 aromatic carbocycles. The van der Waals surface area contributed by atoms with Crippen molar-refractivity contribution in [3.05, 3.63) is 24.3 Å². The molecule has 0 spiro atoms. The fraction of sp³-hybridized carbons (Fsp3) is 0.667. The highest BCUT2D eigenvalue weighted by Crippen LogP contribution is 1.98. The molecule has 14 heavy (non-hydrogen) atoms. The van der Waals surface area contributed by atoms with Gasteiger partial charge >= 0.3 is 0 Å². The lowest BCUT2D eigenvalue weighted by Crippen LogP contribution is -1.99. The summed E-state index contributed by atoms with van der Waals surface area (Å²) >= 11 is 0. The maximum Gasteiger partial charge on any atom is 0.0756 e. The lowest BCUT2D eigenvalue weighted by Gasteiger charge is -1.99. The van der Waals surface area contributed by atoms with Crippen LogP contribution in [-0.4, -0.2) is 17.8 Å². The van der Waals surface area contributed by atoms with Crippen LogP contribution in [0.25, 0.3) is 0 Å². The average molecular weight is 201 g/mol. The third-order valence-electron chi connectivity index (χ3n) is 1.21. The van der Waals surface area contributed by atoms with Gasteiger partial charge in [-0.05, 0) is 32.4 Å². The van der Waals surface area contributed by atoms with Crippen molar-refractivity contribution in [1.82, 2.24) is 0 Å². The lowest BCUT2D eigenvalue weighted by molar-refractivity contribution is 0.236. The Balaban J connectivity index is -0.000000170. The number of rotatable bonds is 3. The van der Waals surface area contributed by atoms with Crippen LogP contribution in [0.3, 0.4) is 0 Å². The summed E-state index contributed by atoms with van der Waals surface area (Å²) in [6.07, 6.45) is 4.34. The second kappa shape index (κ2) is 18.2. The van der Waals surface area contributed by atoms with Crippen molar-refractivity contribution >= 4 is 0 Å². The smallest absolute Gasteiger partial charge is 0.0756 e. The molecule has 0 amide bonds. The molecule has 1 unspecified atom stereocenters. The SMILES string of the molecule is C=C(/C=C\C)C(C)O.CC.CCCN. The van der Waals surface area contributed by atoms with Crippen molar-refractivity contribution in [2.75, 3.05) is 6.54 Å². The van der Waals surface area contributed by atoms with Gasteiger partial charge in [0.05, 0.1) is 6.10 Å². The van der Waals surface area contributed by atoms with Crippen molar-refractivity contribution in [3.8, 4) is 0 Å². The molecule has 2 nitrogen and oxygen atoms in total. The summed E-state index contributed by atoms with van der Waals surface area (Å²) in [4.78, 5) is 0. The van der Waals surface area contributed by atoms with Crippen LogP contribution < -0.4 is 5.73 Å². The molecular weight excluding hydrogens is 174 g/mol. The Morgan fingerprint density at radius 1 is 1.50 bits per heavy atom. The molecule has 0 aliphatic heterocycles. The van der Waals surface area contributed by atoms with Crippen LogP contribution in [0.2, 0.25) is 0 Å². The van der Waals surface area contributed by atoms with Gasteiger partial charge in [-0.1, -0.05) is 39.5 Å². The van der Waals surface area contributed by atoms with E-state index in [4.69, 9.17) is 10.8 Å². The summed E-state index contributed by atoms with van der Waals surface area (Å²) in [7, 11) is 0. The van der Waals surface area contributed by atoms with E-state index in [1.54, 1.807) is 13.0 Å². The number of hydrogen-bond acceptors (Lipinski definition) is 2. The zero-order valence-corrected chi connectivity index (χ0v) is 10.4. The fourth-order valence-electron chi connectivity index (χ4n) is 0.353. The fourth-order valence-corrected chi connectivity index (χ4v) is 0.353. The summed E-state index contributed by atoms with van der Waals surface area (Å²) in [6, 6.07) is 0. The van der Waals surface area contributed by atoms with Crippen LogP contribution in [0.5, 0.6) is 0 Å². The highest BCUT2D eigenvalue weighted by Gasteiger charge is 1.93. The molecule has 3 N–H and O–H groups in total. The van der Waals surface area contributed by atoms with Gasteiger partial charge in [0.25, 0.3) is 0 Å². The first-order valence-corrected chi connectivity index (χ1v) is 5.29. The van der Waals surface area contributed by atoms with Gasteiger partial charge in [-0.3, -0.25) is 0 Å². The van der Waals surface area contributed by atoms with E-state index in [1.807, 2.05) is 26.8 Å². The highest BCUT2D eigenvalue weighted by molar-refractivity contribution is 5.16. The maximum absolute atomic E-state index is 8.80. The Morgan fingerprint density at radius 3 is 1.93 bits per heavy atom. The van der Waals surface area contributed by atoms with Gasteiger partial charge in [0.1, 0.15) is 0 Å². The minimum atomic E-state index is -0.411. The van der Waals surface area contributed by atoms with Crippen LogP contribution in [0.1, 0.15) is 41.0 Å². The minimum Gasteiger partial charge on any atom is -0.389 e. The zero-order chi connectivity index (χ0) is 12.0. The van der Waals surface area contributed by atoms with Crippen molar-refractivity contribution in [2.24, 2.45) is 5.73 Å². The Labute approximate surface area is 89.5 Å². The van der Waals surface area contributed by atoms with Crippen molar-refractivity contribution < 1.29 is 5.11 Å². The van der Waals surface area contributed by atoms with Gasteiger partial charge in [0, 0.05) is 0 Å². The minimum absolute atomic E-state index is 0.411. The second-order valence-electron chi connectivity index (χ2n) is 2.54. The first kappa shape index (κ1) is 19.0. The van der Waals surface area contributed by atoms with Gasteiger partial charge in [0.2, 0.25) is 0 Å². The van der Waals surface area contributed by atoms with Crippen LogP contribution in [0.15, 0.2) is 24.3 Å². The third-order valence-corrected chi connectivity index (χ3v) is 1.21. The molecule has 1 atom stereocenters. The molecule has 0 saturated carbocycles. The summed E-state index contributed by atoms with van der Waals surface area (Å²) in [5.74, 6) is 0. The van der Waals surface area contributed by atoms with E-state index in [-0.39, 0.29) is 0 Å². The number of allylic oxidation sites excluding steroid dienone is 1. The van der Waals surface area contributed by atoms with E-state index in [0.29, 0.717) is 0 Å². The van der Waals surface area contributed by atoms with E-state index in [2.05, 4.69) is 13.5 Å². The van der Waals surface area contributed by atoms with Gasteiger partial charge in [0.15, 0.2) is 0 Å². The summed E-state index contributed by atoms with van der Waals surface area (Å²) in [5.41, 5.74) is 5.78. The monoisotopic (exact) mass is 201 g/mol. The standard InChI is InChI=1S/C7H12O.C3H9N.C2H6/c1-4-5-6(2)7(3)8;1-2-3-4;1-2/h4-5,7-8H,2H2,1,3H3;2-4H2,1H3;1-2H3/b5-4-;;. The van der Waals surface area contributed by atoms with Crippen molar-refractivity contribution in [1.29, 1.82) is 0 Å². The molecule has 0 aromatic rings. The van der Waals surface area contributed by atoms with Crippen molar-refractivity contribution in [2.45, 2.75) is 47.1 Å². The topological polar surface area (TPSA) is 46.2 Å². The zero-order valence-electron chi connectivity index (χ0n) is 10.4. The normalized spacial score (nSPS) is 10.8. The first-order chi connectivity index (χ1) is 6.59. The third kappa shape index (κ3) is 22.5. The molecule has 0 heterocycles. The first-order valence-electron chi connectivity index (χ1n) is 5.29. The van der Waals surface area contributed by atoms with Gasteiger partial charge in [-0.15, -0.1) is 0 Å². The summed E-state index contributed by atoms with van der Waals surface area (Å²) < 4.78 is 0. The molecule has 2 heteroatoms. The van der Waals surface area contributed by atoms with E-state index >= 15 is 0 Å². The van der Waals surface area contributed by atoms with E-state index in [1.165, 1.54) is 0 Å². The molecule has 86 valence electrons. The summed E-state index contributed by atoms with van der Waals surface area (Å²) in [5, 5.41) is 8.80. The molecular formula is C12H27NO. The predicted molar refractivity (Wildman–Crippen MR) is 66.3 cm³/mol. The molecule has 0 aliphatic rings. The lowest BCUT2D eigenvalue weighted by atomic mass is 10.2. The molecule has 0 aromatic heterocycles. The number of aliphatic hydroxyl groups excluding tert-OH is 1. The second-order valence-corrected chi connectivity index (χ2v) is 2.54. The number of nitrogens with two attached hydrogens (primary N) is 1. The van der Waals surface area contributed by atoms with Crippen molar-refractivity contribution in [3.63, 3.8) is 0 Å². The molecule has 0 radical (unpaired) electrons. The predicted octanol–water partition coefficient (Wildman–Crippen LogP) is 2.88. The highest BCUT2D eigenvalue weighted by atomic mass is 16.3. The quantitative estimate of drug-likeness (QED) is 0.690. The summed E-state index contributed by atoms with van der Waals surface area (Å²) in [6.45, 7) is 14.1. The van der Waals surface area contributed by atoms with Crippen LogP contribution in [0.4, 0.5) is 0 Å². The maximum atomic E-state index is 8.80. The Bertz CT molecular complexity index is 126. The average Bonchev–Trinajstić information content (AvgIpc) is 2.21. The van der Waals surface area contributed by atoms with Gasteiger partial charge < -0.3 is 10.8 Å². The molecule has 0 aliphatic carbocycles. The Morgan fingerprint density at radius 2 is 1.86 bits per heavy atom.